The number of anilines is 2. The average molecular weight is 352 g/mol. The number of para-hydroxylation sites is 1. The summed E-state index contributed by atoms with van der Waals surface area (Å²) in [6.45, 7) is 2.14. The largest absolute Gasteiger partial charge is 0.371 e. The summed E-state index contributed by atoms with van der Waals surface area (Å²) in [6, 6.07) is 17.1. The van der Waals surface area contributed by atoms with Crippen molar-refractivity contribution in [3.63, 3.8) is 0 Å². The lowest BCUT2D eigenvalue weighted by Gasteiger charge is -2.18. The highest BCUT2D eigenvalue weighted by atomic mass is 35.5. The number of amides is 1. The monoisotopic (exact) mass is 351 g/mol. The highest BCUT2D eigenvalue weighted by molar-refractivity contribution is 6.30. The van der Waals surface area contributed by atoms with Crippen molar-refractivity contribution in [2.45, 2.75) is 12.8 Å². The minimum atomic E-state index is -0.181. The fourth-order valence-electron chi connectivity index (χ4n) is 3.29. The Labute approximate surface area is 151 Å². The molecule has 0 atom stereocenters. The van der Waals surface area contributed by atoms with E-state index in [1.165, 1.54) is 12.8 Å². The standard InChI is InChI=1S/C20H18ClN3O/c21-19-13-17(16-8-1-2-9-18(16)23-19)20(25)22-14-6-5-7-15(12-14)24-10-3-4-11-24/h1-2,5-9,12-13H,3-4,10-11H2,(H,22,25). The maximum atomic E-state index is 12.8. The van der Waals surface area contributed by atoms with Gasteiger partial charge in [0.15, 0.2) is 0 Å². The first-order valence-corrected chi connectivity index (χ1v) is 8.80. The molecule has 0 spiro atoms. The highest BCUT2D eigenvalue weighted by Gasteiger charge is 2.15. The molecule has 126 valence electrons. The molecule has 25 heavy (non-hydrogen) atoms. The summed E-state index contributed by atoms with van der Waals surface area (Å²) in [7, 11) is 0. The highest BCUT2D eigenvalue weighted by Crippen LogP contribution is 2.25. The third kappa shape index (κ3) is 3.30. The minimum absolute atomic E-state index is 0.181. The lowest BCUT2D eigenvalue weighted by Crippen LogP contribution is -2.18. The van der Waals surface area contributed by atoms with E-state index in [-0.39, 0.29) is 5.91 Å². The van der Waals surface area contributed by atoms with Crippen LogP contribution in [0.3, 0.4) is 0 Å². The molecule has 0 radical (unpaired) electrons. The van der Waals surface area contributed by atoms with Crippen LogP contribution in [0.5, 0.6) is 0 Å². The minimum Gasteiger partial charge on any atom is -0.371 e. The third-order valence-electron chi connectivity index (χ3n) is 4.50. The molecule has 1 fully saturated rings. The first-order chi connectivity index (χ1) is 12.2. The summed E-state index contributed by atoms with van der Waals surface area (Å²) in [5.41, 5.74) is 3.17. The van der Waals surface area contributed by atoms with Crippen LogP contribution in [0.15, 0.2) is 54.6 Å². The van der Waals surface area contributed by atoms with Gasteiger partial charge in [-0.25, -0.2) is 4.98 Å². The van der Waals surface area contributed by atoms with Crippen LogP contribution < -0.4 is 10.2 Å². The molecule has 0 bridgehead atoms. The molecule has 1 amide bonds. The second-order valence-electron chi connectivity index (χ2n) is 6.21. The summed E-state index contributed by atoms with van der Waals surface area (Å²) < 4.78 is 0. The molecule has 0 aliphatic carbocycles. The lowest BCUT2D eigenvalue weighted by molar-refractivity contribution is 0.102. The number of halogens is 1. The van der Waals surface area contributed by atoms with Crippen LogP contribution >= 0.6 is 11.6 Å². The molecule has 4 nitrogen and oxygen atoms in total. The van der Waals surface area contributed by atoms with Crippen LogP contribution in [0.4, 0.5) is 11.4 Å². The zero-order valence-electron chi connectivity index (χ0n) is 13.7. The van der Waals surface area contributed by atoms with E-state index in [2.05, 4.69) is 21.3 Å². The number of nitrogens with zero attached hydrogens (tertiary/aromatic N) is 2. The molecule has 1 aromatic heterocycles. The van der Waals surface area contributed by atoms with Gasteiger partial charge in [0.1, 0.15) is 5.15 Å². The van der Waals surface area contributed by atoms with Crippen molar-refractivity contribution < 1.29 is 4.79 Å². The molecule has 0 unspecified atom stereocenters. The molecule has 1 saturated heterocycles. The van der Waals surface area contributed by atoms with Gasteiger partial charge in [0.05, 0.1) is 11.1 Å². The molecule has 5 heteroatoms. The number of nitrogens with one attached hydrogen (secondary N) is 1. The van der Waals surface area contributed by atoms with Gasteiger partial charge in [0.25, 0.3) is 5.91 Å². The average Bonchev–Trinajstić information content (AvgIpc) is 3.16. The number of carbonyl (C=O) groups is 1. The van der Waals surface area contributed by atoms with Gasteiger partial charge >= 0.3 is 0 Å². The quantitative estimate of drug-likeness (QED) is 0.693. The Bertz CT molecular complexity index is 935. The predicted molar refractivity (Wildman–Crippen MR) is 103 cm³/mol. The SMILES string of the molecule is O=C(Nc1cccc(N2CCCC2)c1)c1cc(Cl)nc2ccccc12. The Morgan fingerprint density at radius 1 is 1.04 bits per heavy atom. The molecule has 0 saturated carbocycles. The van der Waals surface area contributed by atoms with Crippen LogP contribution in [-0.2, 0) is 0 Å². The first-order valence-electron chi connectivity index (χ1n) is 8.42. The number of carbonyl (C=O) groups excluding carboxylic acids is 1. The number of pyridine rings is 1. The van der Waals surface area contributed by atoms with E-state index in [0.29, 0.717) is 16.2 Å². The summed E-state index contributed by atoms with van der Waals surface area (Å²) in [5.74, 6) is -0.181. The zero-order chi connectivity index (χ0) is 17.2. The van der Waals surface area contributed by atoms with E-state index in [0.717, 1.165) is 29.9 Å². The third-order valence-corrected chi connectivity index (χ3v) is 4.70. The van der Waals surface area contributed by atoms with E-state index in [4.69, 9.17) is 11.6 Å². The number of hydrogen-bond donors (Lipinski definition) is 1. The van der Waals surface area contributed by atoms with Crippen molar-refractivity contribution in [3.05, 3.63) is 65.3 Å². The topological polar surface area (TPSA) is 45.2 Å². The number of hydrogen-bond acceptors (Lipinski definition) is 3. The molecule has 1 N–H and O–H groups in total. The van der Waals surface area contributed by atoms with E-state index in [1.807, 2.05) is 42.5 Å². The normalized spacial score (nSPS) is 14.0. The first kappa shape index (κ1) is 15.9. The van der Waals surface area contributed by atoms with Crippen molar-refractivity contribution >= 4 is 39.8 Å². The zero-order valence-corrected chi connectivity index (χ0v) is 14.5. The Hall–Kier alpha value is -2.59. The fraction of sp³-hybridized carbons (Fsp3) is 0.200. The smallest absolute Gasteiger partial charge is 0.256 e. The van der Waals surface area contributed by atoms with Crippen molar-refractivity contribution in [2.75, 3.05) is 23.3 Å². The number of aromatic nitrogens is 1. The molecule has 1 aliphatic heterocycles. The fourth-order valence-corrected chi connectivity index (χ4v) is 3.49. The van der Waals surface area contributed by atoms with Crippen LogP contribution in [-0.4, -0.2) is 24.0 Å². The van der Waals surface area contributed by atoms with Crippen LogP contribution in [0.2, 0.25) is 5.15 Å². The van der Waals surface area contributed by atoms with Gasteiger partial charge in [-0.05, 0) is 43.2 Å². The molecule has 1 aliphatic rings. The molecular weight excluding hydrogens is 334 g/mol. The van der Waals surface area contributed by atoms with Gasteiger partial charge in [0, 0.05) is 29.9 Å². The van der Waals surface area contributed by atoms with Gasteiger partial charge in [-0.2, -0.15) is 0 Å². The molecule has 3 aromatic rings. The lowest BCUT2D eigenvalue weighted by atomic mass is 10.1. The molecule has 2 heterocycles. The predicted octanol–water partition coefficient (Wildman–Crippen LogP) is 4.74. The van der Waals surface area contributed by atoms with Crippen LogP contribution in [0.25, 0.3) is 10.9 Å². The second-order valence-corrected chi connectivity index (χ2v) is 6.60. The van der Waals surface area contributed by atoms with Crippen molar-refractivity contribution in [1.29, 1.82) is 0 Å². The summed E-state index contributed by atoms with van der Waals surface area (Å²) in [5, 5.41) is 4.10. The Morgan fingerprint density at radius 3 is 2.68 bits per heavy atom. The van der Waals surface area contributed by atoms with Gasteiger partial charge in [-0.3, -0.25) is 4.79 Å². The van der Waals surface area contributed by atoms with Gasteiger partial charge in [-0.1, -0.05) is 35.9 Å². The van der Waals surface area contributed by atoms with E-state index < -0.39 is 0 Å². The van der Waals surface area contributed by atoms with Crippen molar-refractivity contribution in [3.8, 4) is 0 Å². The van der Waals surface area contributed by atoms with Gasteiger partial charge < -0.3 is 10.2 Å². The maximum Gasteiger partial charge on any atom is 0.256 e. The molecule has 2 aromatic carbocycles. The molecular formula is C20H18ClN3O. The summed E-state index contributed by atoms with van der Waals surface area (Å²) >= 11 is 6.08. The number of fused-ring (bicyclic) bond motifs is 1. The Kier molecular flexibility index (Phi) is 4.28. The van der Waals surface area contributed by atoms with E-state index >= 15 is 0 Å². The Balaban J connectivity index is 1.63. The Morgan fingerprint density at radius 2 is 1.84 bits per heavy atom. The van der Waals surface area contributed by atoms with Crippen LogP contribution in [0.1, 0.15) is 23.2 Å². The second kappa shape index (κ2) is 6.73. The summed E-state index contributed by atoms with van der Waals surface area (Å²) in [6.07, 6.45) is 2.44. The van der Waals surface area contributed by atoms with Crippen molar-refractivity contribution in [1.82, 2.24) is 4.98 Å². The molecule has 4 rings (SSSR count). The summed E-state index contributed by atoms with van der Waals surface area (Å²) in [4.78, 5) is 19.4. The van der Waals surface area contributed by atoms with E-state index in [1.54, 1.807) is 6.07 Å². The van der Waals surface area contributed by atoms with E-state index in [9.17, 15) is 4.79 Å². The van der Waals surface area contributed by atoms with Gasteiger partial charge in [0.2, 0.25) is 0 Å². The van der Waals surface area contributed by atoms with Gasteiger partial charge in [-0.15, -0.1) is 0 Å². The van der Waals surface area contributed by atoms with Crippen molar-refractivity contribution in [2.24, 2.45) is 0 Å². The number of rotatable bonds is 3. The maximum absolute atomic E-state index is 12.8. The number of benzene rings is 2. The van der Waals surface area contributed by atoms with Crippen LogP contribution in [0, 0.1) is 0 Å².